The number of fused-ring (bicyclic) bond motifs is 1. The molecule has 0 spiro atoms. The van der Waals surface area contributed by atoms with E-state index in [4.69, 9.17) is 4.74 Å². The van der Waals surface area contributed by atoms with Crippen LogP contribution >= 0.6 is 0 Å². The van der Waals surface area contributed by atoms with Crippen molar-refractivity contribution in [2.75, 3.05) is 7.11 Å². The standard InChI is InChI=1S/C15H12F3N3O/c1-22-9-11-8-20-21-13(5-6-19-14(11)21)10-3-2-4-12(7-10)15(16,17)18/h2-8H,9H2,1H3. The first-order valence-electron chi connectivity index (χ1n) is 6.49. The smallest absolute Gasteiger partial charge is 0.380 e. The zero-order valence-corrected chi connectivity index (χ0v) is 11.6. The van der Waals surface area contributed by atoms with E-state index in [1.807, 2.05) is 0 Å². The van der Waals surface area contributed by atoms with Crippen LogP contribution in [0, 0.1) is 0 Å². The van der Waals surface area contributed by atoms with E-state index in [2.05, 4.69) is 10.1 Å². The van der Waals surface area contributed by atoms with Crippen molar-refractivity contribution in [3.8, 4) is 11.3 Å². The first kappa shape index (κ1) is 14.5. The zero-order valence-electron chi connectivity index (χ0n) is 11.6. The highest BCUT2D eigenvalue weighted by Crippen LogP contribution is 2.32. The third-order valence-corrected chi connectivity index (χ3v) is 3.26. The Morgan fingerprint density at radius 3 is 2.77 bits per heavy atom. The number of nitrogens with zero attached hydrogens (tertiary/aromatic N) is 3. The number of ether oxygens (including phenoxy) is 1. The van der Waals surface area contributed by atoms with Crippen LogP contribution in [0.25, 0.3) is 16.9 Å². The van der Waals surface area contributed by atoms with E-state index >= 15 is 0 Å². The van der Waals surface area contributed by atoms with Crippen molar-refractivity contribution >= 4 is 5.65 Å². The average molecular weight is 307 g/mol. The second-order valence-corrected chi connectivity index (χ2v) is 4.75. The normalized spacial score (nSPS) is 12.0. The van der Waals surface area contributed by atoms with Crippen molar-refractivity contribution in [2.24, 2.45) is 0 Å². The lowest BCUT2D eigenvalue weighted by molar-refractivity contribution is -0.137. The third-order valence-electron chi connectivity index (χ3n) is 3.26. The number of benzene rings is 1. The number of halogens is 3. The number of alkyl halides is 3. The molecular weight excluding hydrogens is 295 g/mol. The van der Waals surface area contributed by atoms with Gasteiger partial charge in [0.25, 0.3) is 0 Å². The highest BCUT2D eigenvalue weighted by Gasteiger charge is 2.30. The molecule has 0 N–H and O–H groups in total. The molecule has 1 aromatic carbocycles. The number of aromatic nitrogens is 3. The van der Waals surface area contributed by atoms with Crippen molar-refractivity contribution in [3.63, 3.8) is 0 Å². The summed E-state index contributed by atoms with van der Waals surface area (Å²) in [5, 5.41) is 4.20. The second kappa shape index (κ2) is 5.42. The summed E-state index contributed by atoms with van der Waals surface area (Å²) in [6, 6.07) is 6.77. The largest absolute Gasteiger partial charge is 0.416 e. The molecule has 114 valence electrons. The molecule has 2 heterocycles. The van der Waals surface area contributed by atoms with Crippen LogP contribution < -0.4 is 0 Å². The lowest BCUT2D eigenvalue weighted by atomic mass is 10.1. The molecule has 0 aliphatic rings. The number of hydrogen-bond acceptors (Lipinski definition) is 3. The molecule has 3 aromatic rings. The van der Waals surface area contributed by atoms with Crippen LogP contribution in [0.4, 0.5) is 13.2 Å². The maximum Gasteiger partial charge on any atom is 0.416 e. The van der Waals surface area contributed by atoms with E-state index in [1.165, 1.54) is 10.6 Å². The summed E-state index contributed by atoms with van der Waals surface area (Å²) in [7, 11) is 1.56. The van der Waals surface area contributed by atoms with Gasteiger partial charge in [0.15, 0.2) is 5.65 Å². The van der Waals surface area contributed by atoms with Gasteiger partial charge in [-0.15, -0.1) is 0 Å². The van der Waals surface area contributed by atoms with Gasteiger partial charge in [-0.2, -0.15) is 18.3 Å². The van der Waals surface area contributed by atoms with Gasteiger partial charge in [0.2, 0.25) is 0 Å². The molecule has 0 atom stereocenters. The molecule has 4 nitrogen and oxygen atoms in total. The minimum absolute atomic E-state index is 0.336. The van der Waals surface area contributed by atoms with Gasteiger partial charge in [-0.25, -0.2) is 9.50 Å². The molecule has 0 saturated heterocycles. The lowest BCUT2D eigenvalue weighted by Gasteiger charge is -2.09. The van der Waals surface area contributed by atoms with Gasteiger partial charge in [0.1, 0.15) is 0 Å². The Labute approximate surface area is 124 Å². The molecule has 0 amide bonds. The number of rotatable bonds is 3. The van der Waals surface area contributed by atoms with Crippen molar-refractivity contribution in [3.05, 3.63) is 53.9 Å². The average Bonchev–Trinajstić information content (AvgIpc) is 2.90. The maximum atomic E-state index is 12.9. The number of hydrogen-bond donors (Lipinski definition) is 0. The fourth-order valence-corrected chi connectivity index (χ4v) is 2.27. The molecule has 0 saturated carbocycles. The Morgan fingerprint density at radius 1 is 1.23 bits per heavy atom. The van der Waals surface area contributed by atoms with Crippen molar-refractivity contribution in [1.29, 1.82) is 0 Å². The quantitative estimate of drug-likeness (QED) is 0.742. The van der Waals surface area contributed by atoms with Crippen LogP contribution in [0.1, 0.15) is 11.1 Å². The Hall–Kier alpha value is -2.41. The first-order chi connectivity index (χ1) is 10.5. The van der Waals surface area contributed by atoms with Gasteiger partial charge in [-0.3, -0.25) is 0 Å². The van der Waals surface area contributed by atoms with E-state index in [-0.39, 0.29) is 0 Å². The van der Waals surface area contributed by atoms with E-state index in [0.717, 1.165) is 17.7 Å². The summed E-state index contributed by atoms with van der Waals surface area (Å²) in [5.41, 5.74) is 1.61. The molecule has 22 heavy (non-hydrogen) atoms. The molecule has 2 aromatic heterocycles. The summed E-state index contributed by atoms with van der Waals surface area (Å²) in [4.78, 5) is 4.22. The minimum Gasteiger partial charge on any atom is -0.380 e. The van der Waals surface area contributed by atoms with Gasteiger partial charge >= 0.3 is 6.18 Å². The van der Waals surface area contributed by atoms with Gasteiger partial charge < -0.3 is 4.74 Å². The summed E-state index contributed by atoms with van der Waals surface area (Å²) in [6.45, 7) is 0.336. The summed E-state index contributed by atoms with van der Waals surface area (Å²) in [6.07, 6.45) is -1.23. The third kappa shape index (κ3) is 2.55. The summed E-state index contributed by atoms with van der Waals surface area (Å²) >= 11 is 0. The van der Waals surface area contributed by atoms with Crippen LogP contribution in [0.15, 0.2) is 42.7 Å². The highest BCUT2D eigenvalue weighted by atomic mass is 19.4. The molecule has 3 rings (SSSR count). The first-order valence-corrected chi connectivity index (χ1v) is 6.49. The molecule has 0 aliphatic carbocycles. The van der Waals surface area contributed by atoms with Gasteiger partial charge in [-0.05, 0) is 18.2 Å². The molecule has 0 bridgehead atoms. The van der Waals surface area contributed by atoms with Crippen molar-refractivity contribution in [1.82, 2.24) is 14.6 Å². The van der Waals surface area contributed by atoms with Crippen molar-refractivity contribution in [2.45, 2.75) is 12.8 Å². The number of methoxy groups -OCH3 is 1. The zero-order chi connectivity index (χ0) is 15.7. The topological polar surface area (TPSA) is 39.4 Å². The van der Waals surface area contributed by atoms with Crippen LogP contribution in [0.3, 0.4) is 0 Å². The van der Waals surface area contributed by atoms with Crippen molar-refractivity contribution < 1.29 is 17.9 Å². The molecule has 7 heteroatoms. The second-order valence-electron chi connectivity index (χ2n) is 4.75. The van der Waals surface area contributed by atoms with E-state index in [9.17, 15) is 13.2 Å². The summed E-state index contributed by atoms with van der Waals surface area (Å²) in [5.74, 6) is 0. The molecule has 0 radical (unpaired) electrons. The molecule has 0 unspecified atom stereocenters. The predicted octanol–water partition coefficient (Wildman–Crippen LogP) is 3.56. The Balaban J connectivity index is 2.15. The van der Waals surface area contributed by atoms with Crippen LogP contribution in [-0.2, 0) is 17.5 Å². The van der Waals surface area contributed by atoms with Gasteiger partial charge in [-0.1, -0.05) is 12.1 Å². The summed E-state index contributed by atoms with van der Waals surface area (Å²) < 4.78 is 45.1. The molecule has 0 fully saturated rings. The van der Waals surface area contributed by atoms with Crippen LogP contribution in [-0.4, -0.2) is 21.7 Å². The van der Waals surface area contributed by atoms with E-state index < -0.39 is 11.7 Å². The van der Waals surface area contributed by atoms with E-state index in [0.29, 0.717) is 23.5 Å². The maximum absolute atomic E-state index is 12.9. The fourth-order valence-electron chi connectivity index (χ4n) is 2.27. The van der Waals surface area contributed by atoms with Gasteiger partial charge in [0.05, 0.1) is 24.1 Å². The minimum atomic E-state index is -4.38. The van der Waals surface area contributed by atoms with E-state index in [1.54, 1.807) is 31.6 Å². The predicted molar refractivity (Wildman–Crippen MR) is 74.1 cm³/mol. The molecular formula is C15H12F3N3O. The Kier molecular flexibility index (Phi) is 3.58. The highest BCUT2D eigenvalue weighted by molar-refractivity contribution is 5.64. The fraction of sp³-hybridized carbons (Fsp3) is 0.200. The SMILES string of the molecule is COCc1cnn2c(-c3cccc(C(F)(F)F)c3)ccnc12. The monoisotopic (exact) mass is 307 g/mol. The Morgan fingerprint density at radius 2 is 2.05 bits per heavy atom. The van der Waals surface area contributed by atoms with Crippen LogP contribution in [0.2, 0.25) is 0 Å². The lowest BCUT2D eigenvalue weighted by Crippen LogP contribution is -2.05. The van der Waals surface area contributed by atoms with Crippen LogP contribution in [0.5, 0.6) is 0 Å². The van der Waals surface area contributed by atoms with Gasteiger partial charge in [0, 0.05) is 24.4 Å². The Bertz CT molecular complexity index is 811. The molecule has 0 aliphatic heterocycles.